The number of fused-ring (bicyclic) bond motifs is 2. The van der Waals surface area contributed by atoms with E-state index in [1.54, 1.807) is 6.33 Å². The summed E-state index contributed by atoms with van der Waals surface area (Å²) >= 11 is 6.32. The van der Waals surface area contributed by atoms with Crippen LogP contribution in [0.25, 0.3) is 11.2 Å². The van der Waals surface area contributed by atoms with Gasteiger partial charge in [0.25, 0.3) is 5.89 Å². The van der Waals surface area contributed by atoms with Crippen LogP contribution in [0.1, 0.15) is 83.3 Å². The molecule has 5 heterocycles. The Morgan fingerprint density at radius 2 is 1.91 bits per heavy atom. The van der Waals surface area contributed by atoms with Crippen LogP contribution in [0.5, 0.6) is 0 Å². The molecule has 3 fully saturated rings. The Morgan fingerprint density at radius 3 is 2.65 bits per heavy atom. The van der Waals surface area contributed by atoms with Crippen LogP contribution in [0.15, 0.2) is 10.9 Å². The molecule has 1 saturated carbocycles. The first-order chi connectivity index (χ1) is 16.4. The first-order valence-corrected chi connectivity index (χ1v) is 12.3. The Labute approximate surface area is 201 Å². The van der Waals surface area contributed by atoms with Gasteiger partial charge in [0.1, 0.15) is 12.2 Å². The molecule has 1 aliphatic carbocycles. The highest BCUT2D eigenvalue weighted by Gasteiger charge is 2.58. The van der Waals surface area contributed by atoms with E-state index in [2.05, 4.69) is 44.3 Å². The number of halogens is 1. The molecule has 0 spiro atoms. The molecule has 0 unspecified atom stereocenters. The number of aromatic nitrogens is 6. The Balaban J connectivity index is 1.37. The van der Waals surface area contributed by atoms with E-state index in [9.17, 15) is 0 Å². The second-order valence-corrected chi connectivity index (χ2v) is 9.94. The molecule has 12 heteroatoms. The molecule has 2 aliphatic heterocycles. The maximum atomic E-state index is 6.43. The van der Waals surface area contributed by atoms with Gasteiger partial charge < -0.3 is 24.1 Å². The number of ether oxygens (including phenoxy) is 3. The fourth-order valence-corrected chi connectivity index (χ4v) is 4.90. The summed E-state index contributed by atoms with van der Waals surface area (Å²) in [5, 5.41) is 7.72. The van der Waals surface area contributed by atoms with Crippen LogP contribution in [-0.4, -0.2) is 53.7 Å². The molecule has 4 atom stereocenters. The number of hydrogen-bond acceptors (Lipinski definition) is 10. The maximum Gasteiger partial charge on any atom is 0.258 e. The van der Waals surface area contributed by atoms with Gasteiger partial charge in [0.2, 0.25) is 5.28 Å². The van der Waals surface area contributed by atoms with E-state index >= 15 is 0 Å². The van der Waals surface area contributed by atoms with Gasteiger partial charge in [-0.3, -0.25) is 4.57 Å². The summed E-state index contributed by atoms with van der Waals surface area (Å²) in [6, 6.07) is 0.251. The summed E-state index contributed by atoms with van der Waals surface area (Å²) < 4.78 is 26.3. The van der Waals surface area contributed by atoms with Gasteiger partial charge >= 0.3 is 0 Å². The minimum absolute atomic E-state index is 0.128. The standard InChI is InChI=1S/C22H28ClN7O4/c1-5-11(6-2)25-17-12-18(28-21(23)27-17)30(9-24-12)20-15-13(32-22(3,4)33-15)14(31-20)19-26-16(29-34-19)10-7-8-10/h9-11,13-15,20H,5-8H2,1-4H3,(H,25,27,28)/t13-,14+,15-,20-/m1/s1. The van der Waals surface area contributed by atoms with Gasteiger partial charge in [0, 0.05) is 12.0 Å². The zero-order valence-electron chi connectivity index (χ0n) is 19.6. The minimum atomic E-state index is -0.792. The van der Waals surface area contributed by atoms with E-state index in [4.69, 9.17) is 30.3 Å². The van der Waals surface area contributed by atoms with Crippen LogP contribution in [0.2, 0.25) is 5.28 Å². The fourth-order valence-electron chi connectivity index (χ4n) is 4.73. The highest BCUT2D eigenvalue weighted by Crippen LogP contribution is 2.49. The van der Waals surface area contributed by atoms with Crippen LogP contribution in [0.4, 0.5) is 5.82 Å². The molecule has 3 aromatic rings. The number of hydrogen-bond donors (Lipinski definition) is 1. The highest BCUT2D eigenvalue weighted by molar-refractivity contribution is 6.28. The van der Waals surface area contributed by atoms with Crippen molar-refractivity contribution in [1.82, 2.24) is 29.7 Å². The third kappa shape index (κ3) is 3.74. The van der Waals surface area contributed by atoms with Crippen molar-refractivity contribution < 1.29 is 18.7 Å². The molecule has 3 aliphatic rings. The van der Waals surface area contributed by atoms with E-state index in [0.717, 1.165) is 31.5 Å². The van der Waals surface area contributed by atoms with E-state index in [1.165, 1.54) is 0 Å². The zero-order chi connectivity index (χ0) is 23.6. The summed E-state index contributed by atoms with van der Waals surface area (Å²) in [6.45, 7) is 8.01. The summed E-state index contributed by atoms with van der Waals surface area (Å²) in [4.78, 5) is 18.1. The highest BCUT2D eigenvalue weighted by atomic mass is 35.5. The average molecular weight is 490 g/mol. The first-order valence-electron chi connectivity index (χ1n) is 11.9. The van der Waals surface area contributed by atoms with E-state index in [1.807, 2.05) is 18.4 Å². The van der Waals surface area contributed by atoms with Crippen molar-refractivity contribution in [3.8, 4) is 0 Å². The fraction of sp³-hybridized carbons (Fsp3) is 0.682. The summed E-state index contributed by atoms with van der Waals surface area (Å²) in [5.74, 6) is 1.30. The molecular weight excluding hydrogens is 462 g/mol. The molecule has 2 saturated heterocycles. The lowest BCUT2D eigenvalue weighted by molar-refractivity contribution is -0.199. The molecule has 0 bridgehead atoms. The Hall–Kier alpha value is -2.34. The number of imidazole rings is 1. The van der Waals surface area contributed by atoms with Gasteiger partial charge in [0.15, 0.2) is 40.9 Å². The molecular formula is C22H28ClN7O4. The Bertz CT molecular complexity index is 1210. The van der Waals surface area contributed by atoms with Crippen molar-refractivity contribution in [2.45, 2.75) is 95.7 Å². The molecule has 11 nitrogen and oxygen atoms in total. The lowest BCUT2D eigenvalue weighted by Gasteiger charge is -2.24. The molecule has 1 N–H and O–H groups in total. The summed E-state index contributed by atoms with van der Waals surface area (Å²) in [6.07, 6.45) is 3.73. The number of rotatable bonds is 7. The smallest absolute Gasteiger partial charge is 0.258 e. The van der Waals surface area contributed by atoms with Gasteiger partial charge in [-0.25, -0.2) is 4.98 Å². The topological polar surface area (TPSA) is 122 Å². The van der Waals surface area contributed by atoms with Gasteiger partial charge in [-0.15, -0.1) is 0 Å². The first kappa shape index (κ1) is 22.1. The number of nitrogens with one attached hydrogen (secondary N) is 1. The molecule has 0 amide bonds. The summed E-state index contributed by atoms with van der Waals surface area (Å²) in [5.41, 5.74) is 1.17. The molecule has 0 radical (unpaired) electrons. The van der Waals surface area contributed by atoms with Crippen LogP contribution in [-0.2, 0) is 14.2 Å². The molecule has 0 aromatic carbocycles. The van der Waals surface area contributed by atoms with Crippen molar-refractivity contribution in [1.29, 1.82) is 0 Å². The summed E-state index contributed by atoms with van der Waals surface area (Å²) in [7, 11) is 0. The van der Waals surface area contributed by atoms with Crippen LogP contribution < -0.4 is 5.32 Å². The van der Waals surface area contributed by atoms with E-state index in [-0.39, 0.29) is 11.3 Å². The lowest BCUT2D eigenvalue weighted by Crippen LogP contribution is -2.27. The second-order valence-electron chi connectivity index (χ2n) is 9.60. The number of anilines is 1. The zero-order valence-corrected chi connectivity index (χ0v) is 20.3. The minimum Gasteiger partial charge on any atom is -0.365 e. The van der Waals surface area contributed by atoms with Crippen LogP contribution >= 0.6 is 11.6 Å². The number of nitrogens with zero attached hydrogens (tertiary/aromatic N) is 6. The van der Waals surface area contributed by atoms with Crippen molar-refractivity contribution in [3.05, 3.63) is 23.3 Å². The third-order valence-electron chi connectivity index (χ3n) is 6.67. The van der Waals surface area contributed by atoms with Crippen molar-refractivity contribution in [2.75, 3.05) is 5.32 Å². The van der Waals surface area contributed by atoms with Gasteiger partial charge in [0.05, 0.1) is 6.33 Å². The van der Waals surface area contributed by atoms with Gasteiger partial charge in [-0.2, -0.15) is 15.0 Å². The van der Waals surface area contributed by atoms with Crippen molar-refractivity contribution in [3.63, 3.8) is 0 Å². The quantitative estimate of drug-likeness (QED) is 0.484. The van der Waals surface area contributed by atoms with Crippen molar-refractivity contribution in [2.24, 2.45) is 0 Å². The molecule has 182 valence electrons. The third-order valence-corrected chi connectivity index (χ3v) is 6.84. The predicted molar refractivity (Wildman–Crippen MR) is 121 cm³/mol. The predicted octanol–water partition coefficient (Wildman–Crippen LogP) is 4.13. The second kappa shape index (κ2) is 8.11. The largest absolute Gasteiger partial charge is 0.365 e. The molecule has 3 aromatic heterocycles. The van der Waals surface area contributed by atoms with Crippen LogP contribution in [0.3, 0.4) is 0 Å². The SMILES string of the molecule is CCC(CC)Nc1nc(Cl)nc2c1ncn2[C@@H]1O[C@H](c2nc(C3CC3)no2)[C@H]2OC(C)(C)O[C@H]21. The lowest BCUT2D eigenvalue weighted by atomic mass is 10.1. The molecule has 34 heavy (non-hydrogen) atoms. The van der Waals surface area contributed by atoms with Crippen LogP contribution in [0, 0.1) is 0 Å². The Morgan fingerprint density at radius 1 is 1.15 bits per heavy atom. The van der Waals surface area contributed by atoms with Crippen molar-refractivity contribution >= 4 is 28.6 Å². The normalized spacial score (nSPS) is 28.2. The van der Waals surface area contributed by atoms with E-state index in [0.29, 0.717) is 28.8 Å². The maximum absolute atomic E-state index is 6.43. The average Bonchev–Trinajstić information content (AvgIpc) is 3.10. The van der Waals surface area contributed by atoms with E-state index < -0.39 is 30.3 Å². The monoisotopic (exact) mass is 489 g/mol. The van der Waals surface area contributed by atoms with Gasteiger partial charge in [-0.05, 0) is 51.1 Å². The molecule has 6 rings (SSSR count). The van der Waals surface area contributed by atoms with Gasteiger partial charge in [-0.1, -0.05) is 19.0 Å². The Kier molecular flexibility index (Phi) is 5.28.